The van der Waals surface area contributed by atoms with Crippen LogP contribution in [0.15, 0.2) is 0 Å². The molecule has 2 fully saturated rings. The highest BCUT2D eigenvalue weighted by molar-refractivity contribution is 5.73. The maximum atomic E-state index is 12.0. The van der Waals surface area contributed by atoms with E-state index in [1.165, 1.54) is 44.9 Å². The van der Waals surface area contributed by atoms with Crippen LogP contribution in [0.2, 0.25) is 0 Å². The van der Waals surface area contributed by atoms with Gasteiger partial charge < -0.3 is 15.2 Å². The molecular weight excluding hydrogens is 302 g/mol. The third-order valence-electron chi connectivity index (χ3n) is 6.23. The lowest BCUT2D eigenvalue weighted by molar-refractivity contribution is 0.234. The summed E-state index contributed by atoms with van der Waals surface area (Å²) in [5.41, 5.74) is 0. The highest BCUT2D eigenvalue weighted by Crippen LogP contribution is 2.47. The minimum Gasteiger partial charge on any atom is -0.338 e. The van der Waals surface area contributed by atoms with Gasteiger partial charge in [0.25, 0.3) is 0 Å². The molecule has 6 nitrogen and oxygen atoms in total. The zero-order valence-corrected chi connectivity index (χ0v) is 14.5. The molecule has 2 aliphatic carbocycles. The second-order valence-corrected chi connectivity index (χ2v) is 7.82. The zero-order valence-electron chi connectivity index (χ0n) is 14.5. The van der Waals surface area contributed by atoms with Crippen LogP contribution in [0, 0.1) is 17.8 Å². The minimum atomic E-state index is -0.0339. The number of hydrogen-bond donors (Lipinski definition) is 2. The molecule has 0 radical (unpaired) electrons. The molecule has 0 unspecified atom stereocenters. The van der Waals surface area contributed by atoms with E-state index in [1.807, 2.05) is 0 Å². The summed E-state index contributed by atoms with van der Waals surface area (Å²) in [6.45, 7) is 2.49. The molecule has 3 atom stereocenters. The Morgan fingerprint density at radius 3 is 2.92 bits per heavy atom. The normalized spacial score (nSPS) is 28.4. The number of fused-ring (bicyclic) bond motifs is 3. The lowest BCUT2D eigenvalue weighted by Crippen LogP contribution is -2.40. The summed E-state index contributed by atoms with van der Waals surface area (Å²) in [5.74, 6) is 4.64. The third-order valence-corrected chi connectivity index (χ3v) is 6.23. The topological polar surface area (TPSA) is 71.8 Å². The standard InChI is InChI=1S/C18H29N5O/c24-18(20-12-15-11-13-5-6-14(15)10-13)19-8-7-17-22-21-16-4-2-1-3-9-23(16)17/h13-15H,1-12H2,(H2,19,20,24)/t13-,14-,15+/m0/s1. The Balaban J connectivity index is 1.19. The maximum absolute atomic E-state index is 12.0. The summed E-state index contributed by atoms with van der Waals surface area (Å²) in [6, 6.07) is -0.0339. The number of hydrogen-bond acceptors (Lipinski definition) is 3. The van der Waals surface area contributed by atoms with E-state index in [4.69, 9.17) is 0 Å². The van der Waals surface area contributed by atoms with E-state index in [0.717, 1.165) is 49.4 Å². The van der Waals surface area contributed by atoms with Gasteiger partial charge in [-0.1, -0.05) is 12.8 Å². The molecule has 2 saturated carbocycles. The number of urea groups is 1. The average Bonchev–Trinajstić information content (AvgIpc) is 3.26. The molecule has 0 spiro atoms. The molecule has 24 heavy (non-hydrogen) atoms. The predicted molar refractivity (Wildman–Crippen MR) is 91.6 cm³/mol. The van der Waals surface area contributed by atoms with Gasteiger partial charge in [0.15, 0.2) is 0 Å². The SMILES string of the molecule is O=C(NCCc1nnc2n1CCCCC2)NC[C@H]1C[C@H]2CC[C@H]1C2. The molecule has 2 heterocycles. The highest BCUT2D eigenvalue weighted by Gasteiger charge is 2.39. The van der Waals surface area contributed by atoms with Gasteiger partial charge in [-0.25, -0.2) is 4.79 Å². The highest BCUT2D eigenvalue weighted by atomic mass is 16.2. The Labute approximate surface area is 143 Å². The van der Waals surface area contributed by atoms with Gasteiger partial charge in [0, 0.05) is 32.5 Å². The number of amides is 2. The van der Waals surface area contributed by atoms with Gasteiger partial charge in [-0.05, 0) is 49.9 Å². The van der Waals surface area contributed by atoms with Gasteiger partial charge in [0.2, 0.25) is 0 Å². The molecule has 0 saturated heterocycles. The first kappa shape index (κ1) is 15.9. The van der Waals surface area contributed by atoms with Gasteiger partial charge in [0.1, 0.15) is 11.6 Å². The van der Waals surface area contributed by atoms with Crippen LogP contribution < -0.4 is 10.6 Å². The molecule has 1 aromatic heterocycles. The number of aryl methyl sites for hydroxylation is 1. The Morgan fingerprint density at radius 2 is 2.08 bits per heavy atom. The van der Waals surface area contributed by atoms with Gasteiger partial charge in [-0.3, -0.25) is 0 Å². The molecule has 0 aromatic carbocycles. The molecule has 1 aliphatic heterocycles. The summed E-state index contributed by atoms with van der Waals surface area (Å²) in [5, 5.41) is 14.7. The molecular formula is C18H29N5O. The van der Waals surface area contributed by atoms with E-state index in [1.54, 1.807) is 0 Å². The fourth-order valence-electron chi connectivity index (χ4n) is 4.93. The second kappa shape index (κ2) is 7.11. The van der Waals surface area contributed by atoms with Gasteiger partial charge >= 0.3 is 6.03 Å². The van der Waals surface area contributed by atoms with Crippen molar-refractivity contribution in [3.63, 3.8) is 0 Å². The van der Waals surface area contributed by atoms with Crippen molar-refractivity contribution in [3.05, 3.63) is 11.6 Å². The number of nitrogens with one attached hydrogen (secondary N) is 2. The number of carbonyl (C=O) groups is 1. The average molecular weight is 331 g/mol. The van der Waals surface area contributed by atoms with Crippen molar-refractivity contribution in [2.45, 2.75) is 64.3 Å². The van der Waals surface area contributed by atoms with Gasteiger partial charge in [-0.2, -0.15) is 0 Å². The minimum absolute atomic E-state index is 0.0339. The quantitative estimate of drug-likeness (QED) is 0.869. The van der Waals surface area contributed by atoms with E-state index < -0.39 is 0 Å². The summed E-state index contributed by atoms with van der Waals surface area (Å²) in [4.78, 5) is 12.0. The van der Waals surface area contributed by atoms with Crippen molar-refractivity contribution in [3.8, 4) is 0 Å². The van der Waals surface area contributed by atoms with Gasteiger partial charge in [-0.15, -0.1) is 10.2 Å². The smallest absolute Gasteiger partial charge is 0.314 e. The van der Waals surface area contributed by atoms with Crippen molar-refractivity contribution in [2.24, 2.45) is 17.8 Å². The lowest BCUT2D eigenvalue weighted by atomic mass is 9.89. The van der Waals surface area contributed by atoms with E-state index in [9.17, 15) is 4.79 Å². The number of carbonyl (C=O) groups excluding carboxylic acids is 1. The Bertz CT molecular complexity index is 584. The molecule has 4 rings (SSSR count). The van der Waals surface area contributed by atoms with Crippen molar-refractivity contribution < 1.29 is 4.79 Å². The fourth-order valence-corrected chi connectivity index (χ4v) is 4.93. The predicted octanol–water partition coefficient (Wildman–Crippen LogP) is 2.28. The summed E-state index contributed by atoms with van der Waals surface area (Å²) < 4.78 is 2.25. The molecule has 132 valence electrons. The largest absolute Gasteiger partial charge is 0.338 e. The van der Waals surface area contributed by atoms with E-state index in [2.05, 4.69) is 25.4 Å². The van der Waals surface area contributed by atoms with E-state index in [0.29, 0.717) is 12.5 Å². The zero-order chi connectivity index (χ0) is 16.4. The first-order valence-electron chi connectivity index (χ1n) is 9.72. The third kappa shape index (κ3) is 3.42. The van der Waals surface area contributed by atoms with Crippen LogP contribution in [0.4, 0.5) is 4.79 Å². The summed E-state index contributed by atoms with van der Waals surface area (Å²) in [6.07, 6.45) is 11.0. The molecule has 2 amide bonds. The van der Waals surface area contributed by atoms with E-state index >= 15 is 0 Å². The molecule has 2 N–H and O–H groups in total. The number of rotatable bonds is 5. The van der Waals surface area contributed by atoms with Crippen molar-refractivity contribution in [1.29, 1.82) is 0 Å². The first-order valence-corrected chi connectivity index (χ1v) is 9.72. The van der Waals surface area contributed by atoms with Crippen molar-refractivity contribution >= 4 is 6.03 Å². The second-order valence-electron chi connectivity index (χ2n) is 7.82. The Hall–Kier alpha value is -1.59. The van der Waals surface area contributed by atoms with Crippen LogP contribution in [0.25, 0.3) is 0 Å². The fraction of sp³-hybridized carbons (Fsp3) is 0.833. The molecule has 6 heteroatoms. The number of nitrogens with zero attached hydrogens (tertiary/aromatic N) is 3. The van der Waals surface area contributed by atoms with Crippen LogP contribution in [0.3, 0.4) is 0 Å². The molecule has 3 aliphatic rings. The maximum Gasteiger partial charge on any atom is 0.314 e. The Morgan fingerprint density at radius 1 is 1.12 bits per heavy atom. The Kier molecular flexibility index (Phi) is 4.72. The molecule has 1 aromatic rings. The summed E-state index contributed by atoms with van der Waals surface area (Å²) >= 11 is 0. The van der Waals surface area contributed by atoms with Crippen LogP contribution in [0.1, 0.15) is 56.6 Å². The first-order chi connectivity index (χ1) is 11.8. The molecule has 2 bridgehead atoms. The van der Waals surface area contributed by atoms with Crippen molar-refractivity contribution in [2.75, 3.05) is 13.1 Å². The van der Waals surface area contributed by atoms with Crippen molar-refractivity contribution in [1.82, 2.24) is 25.4 Å². The lowest BCUT2D eigenvalue weighted by Gasteiger charge is -2.21. The van der Waals surface area contributed by atoms with Crippen LogP contribution in [-0.4, -0.2) is 33.9 Å². The monoisotopic (exact) mass is 331 g/mol. The number of aromatic nitrogens is 3. The summed E-state index contributed by atoms with van der Waals surface area (Å²) in [7, 11) is 0. The van der Waals surface area contributed by atoms with Crippen LogP contribution in [0.5, 0.6) is 0 Å². The van der Waals surface area contributed by atoms with Crippen LogP contribution >= 0.6 is 0 Å². The van der Waals surface area contributed by atoms with E-state index in [-0.39, 0.29) is 6.03 Å². The van der Waals surface area contributed by atoms with Gasteiger partial charge in [0.05, 0.1) is 0 Å². The van der Waals surface area contributed by atoms with Crippen LogP contribution in [-0.2, 0) is 19.4 Å².